The van der Waals surface area contributed by atoms with E-state index >= 15 is 0 Å². The minimum Gasteiger partial charge on any atom is -0.512 e. The molecule has 0 aromatic heterocycles. The van der Waals surface area contributed by atoms with Crippen LogP contribution < -0.4 is 9.47 Å². The Labute approximate surface area is 165 Å². The summed E-state index contributed by atoms with van der Waals surface area (Å²) in [6.07, 6.45) is 2.51. The van der Waals surface area contributed by atoms with Crippen LogP contribution >= 0.6 is 0 Å². The van der Waals surface area contributed by atoms with Crippen LogP contribution in [-0.2, 0) is 14.3 Å². The van der Waals surface area contributed by atoms with Gasteiger partial charge in [-0.3, -0.25) is 9.59 Å². The Bertz CT molecular complexity index is 637. The number of allylic oxidation sites excluding steroid dienone is 2. The minimum atomic E-state index is -0.662. The van der Waals surface area contributed by atoms with Gasteiger partial charge in [0.1, 0.15) is 13.2 Å². The van der Waals surface area contributed by atoms with Crippen molar-refractivity contribution in [1.82, 2.24) is 0 Å². The number of ether oxygens (including phenoxy) is 3. The Kier molecular flexibility index (Phi) is 11.6. The molecule has 7 nitrogen and oxygen atoms in total. The summed E-state index contributed by atoms with van der Waals surface area (Å²) >= 11 is 0. The van der Waals surface area contributed by atoms with Crippen molar-refractivity contribution >= 4 is 11.6 Å². The number of hydrogen-bond donors (Lipinski definition) is 2. The number of ketones is 2. The number of aliphatic hydroxyl groups excluding tert-OH is 2. The van der Waals surface area contributed by atoms with Gasteiger partial charge >= 0.3 is 0 Å². The van der Waals surface area contributed by atoms with Crippen molar-refractivity contribution < 1.29 is 34.0 Å². The number of carbonyl (C=O) groups is 2. The Hall–Kier alpha value is -2.38. The third-order valence-electron chi connectivity index (χ3n) is 3.58. The van der Waals surface area contributed by atoms with Crippen molar-refractivity contribution in [2.45, 2.75) is 45.6 Å². The predicted molar refractivity (Wildman–Crippen MR) is 105 cm³/mol. The van der Waals surface area contributed by atoms with Gasteiger partial charge in [0.15, 0.2) is 23.1 Å². The fourth-order valence-corrected chi connectivity index (χ4v) is 2.37. The number of Topliss-reactive ketones (excluding diaryl/α,β-unsaturated/α-hetero) is 1. The Morgan fingerprint density at radius 1 is 1.07 bits per heavy atom. The van der Waals surface area contributed by atoms with E-state index in [-0.39, 0.29) is 43.6 Å². The van der Waals surface area contributed by atoms with E-state index < -0.39 is 6.10 Å². The molecular weight excluding hydrogens is 364 g/mol. The van der Waals surface area contributed by atoms with Crippen molar-refractivity contribution in [3.05, 3.63) is 36.1 Å². The van der Waals surface area contributed by atoms with Gasteiger partial charge in [0.25, 0.3) is 0 Å². The first-order valence-corrected chi connectivity index (χ1v) is 9.40. The zero-order chi connectivity index (χ0) is 20.8. The van der Waals surface area contributed by atoms with Crippen molar-refractivity contribution in [1.29, 1.82) is 0 Å². The lowest BCUT2D eigenvalue weighted by atomic mass is 10.2. The van der Waals surface area contributed by atoms with Crippen molar-refractivity contribution in [2.24, 2.45) is 0 Å². The number of unbranched alkanes of at least 4 members (excludes halogenated alkanes) is 1. The molecule has 1 rings (SSSR count). The molecule has 1 atom stereocenters. The van der Waals surface area contributed by atoms with Crippen molar-refractivity contribution in [2.75, 3.05) is 26.4 Å². The van der Waals surface area contributed by atoms with Gasteiger partial charge in [-0.2, -0.15) is 0 Å². The van der Waals surface area contributed by atoms with Gasteiger partial charge < -0.3 is 24.4 Å². The summed E-state index contributed by atoms with van der Waals surface area (Å²) in [4.78, 5) is 22.3. The number of benzene rings is 1. The van der Waals surface area contributed by atoms with E-state index in [0.29, 0.717) is 30.9 Å². The van der Waals surface area contributed by atoms with E-state index in [4.69, 9.17) is 19.3 Å². The zero-order valence-electron chi connectivity index (χ0n) is 16.6. The van der Waals surface area contributed by atoms with Crippen molar-refractivity contribution in [3.8, 4) is 11.5 Å². The molecule has 0 amide bonds. The van der Waals surface area contributed by atoms with Crippen LogP contribution in [0.2, 0.25) is 0 Å². The molecule has 156 valence electrons. The highest BCUT2D eigenvalue weighted by Crippen LogP contribution is 2.26. The molecule has 0 bridgehead atoms. The molecule has 2 N–H and O–H groups in total. The highest BCUT2D eigenvalue weighted by Gasteiger charge is 2.07. The first-order chi connectivity index (χ1) is 13.4. The van der Waals surface area contributed by atoms with Crippen LogP contribution in [-0.4, -0.2) is 54.3 Å². The Morgan fingerprint density at radius 3 is 2.32 bits per heavy atom. The monoisotopic (exact) mass is 394 g/mol. The van der Waals surface area contributed by atoms with E-state index in [2.05, 4.69) is 0 Å². The van der Waals surface area contributed by atoms with Gasteiger partial charge in [0.05, 0.1) is 25.1 Å². The highest BCUT2D eigenvalue weighted by molar-refractivity contribution is 5.87. The molecule has 0 radical (unpaired) electrons. The van der Waals surface area contributed by atoms with Crippen LogP contribution in [0.25, 0.3) is 0 Å². The maximum absolute atomic E-state index is 11.4. The Balaban J connectivity index is 2.27. The highest BCUT2D eigenvalue weighted by atomic mass is 16.5. The molecule has 0 aliphatic rings. The largest absolute Gasteiger partial charge is 0.512 e. The maximum atomic E-state index is 11.4. The Morgan fingerprint density at radius 2 is 1.71 bits per heavy atom. The van der Waals surface area contributed by atoms with Crippen LogP contribution in [0.15, 0.2) is 36.1 Å². The second kappa shape index (κ2) is 13.7. The topological polar surface area (TPSA) is 102 Å². The normalized spacial score (nSPS) is 12.5. The van der Waals surface area contributed by atoms with Crippen molar-refractivity contribution in [3.63, 3.8) is 0 Å². The zero-order valence-corrected chi connectivity index (χ0v) is 16.6. The summed E-state index contributed by atoms with van der Waals surface area (Å²) in [6.45, 7) is 3.89. The molecule has 7 heteroatoms. The number of aliphatic hydroxyl groups is 2. The number of rotatable bonds is 15. The summed E-state index contributed by atoms with van der Waals surface area (Å²) in [5.41, 5.74) is 0. The van der Waals surface area contributed by atoms with E-state index in [0.717, 1.165) is 6.42 Å². The molecular formula is C21H30O7. The van der Waals surface area contributed by atoms with Gasteiger partial charge in [0, 0.05) is 18.9 Å². The smallest absolute Gasteiger partial charge is 0.161 e. The molecule has 0 saturated heterocycles. The van der Waals surface area contributed by atoms with Crippen LogP contribution in [0, 0.1) is 0 Å². The molecule has 0 fully saturated rings. The first kappa shape index (κ1) is 23.7. The van der Waals surface area contributed by atoms with Gasteiger partial charge in [-0.25, -0.2) is 0 Å². The number of para-hydroxylation sites is 2. The van der Waals surface area contributed by atoms with Gasteiger partial charge in [-0.1, -0.05) is 12.1 Å². The lowest BCUT2D eigenvalue weighted by Crippen LogP contribution is -2.17. The van der Waals surface area contributed by atoms with Gasteiger partial charge in [-0.15, -0.1) is 0 Å². The second-order valence-electron chi connectivity index (χ2n) is 6.49. The fraction of sp³-hybridized carbons (Fsp3) is 0.524. The average molecular weight is 394 g/mol. The van der Waals surface area contributed by atoms with E-state index in [1.165, 1.54) is 13.0 Å². The molecule has 0 saturated carbocycles. The number of hydrogen-bond acceptors (Lipinski definition) is 7. The lowest BCUT2D eigenvalue weighted by molar-refractivity contribution is -0.125. The van der Waals surface area contributed by atoms with Crippen LogP contribution in [0.5, 0.6) is 11.5 Å². The summed E-state index contributed by atoms with van der Waals surface area (Å²) in [7, 11) is 0. The molecule has 1 aromatic carbocycles. The summed E-state index contributed by atoms with van der Waals surface area (Å²) in [5, 5.41) is 18.7. The minimum absolute atomic E-state index is 0.0443. The predicted octanol–water partition coefficient (Wildman–Crippen LogP) is 3.00. The standard InChI is InChI=1S/C21H30O7/c1-16(22)13-18(24)7-5-6-10-27-20-8-3-4-9-21(20)28-12-11-26-15-19(25)14-17(2)23/h3-4,8-9,13,17,23-24H,5-7,10-12,14-15H2,1-2H3/b18-13-. The van der Waals surface area contributed by atoms with Crippen LogP contribution in [0.3, 0.4) is 0 Å². The van der Waals surface area contributed by atoms with E-state index in [1.54, 1.807) is 19.1 Å². The quantitative estimate of drug-likeness (QED) is 0.268. The summed E-state index contributed by atoms with van der Waals surface area (Å²) < 4.78 is 16.6. The van der Waals surface area contributed by atoms with E-state index in [1.807, 2.05) is 12.1 Å². The fourth-order valence-electron chi connectivity index (χ4n) is 2.37. The SMILES string of the molecule is CC(=O)/C=C(\O)CCCCOc1ccccc1OCCOCC(=O)CC(C)O. The van der Waals surface area contributed by atoms with Crippen LogP contribution in [0.1, 0.15) is 39.5 Å². The third-order valence-corrected chi connectivity index (χ3v) is 3.58. The van der Waals surface area contributed by atoms with Crippen LogP contribution in [0.4, 0.5) is 0 Å². The maximum Gasteiger partial charge on any atom is 0.161 e. The molecule has 0 heterocycles. The third kappa shape index (κ3) is 11.4. The summed E-state index contributed by atoms with van der Waals surface area (Å²) in [6, 6.07) is 7.26. The second-order valence-corrected chi connectivity index (χ2v) is 6.49. The summed E-state index contributed by atoms with van der Waals surface area (Å²) in [5.74, 6) is 0.958. The molecule has 0 aliphatic carbocycles. The molecule has 0 spiro atoms. The molecule has 28 heavy (non-hydrogen) atoms. The lowest BCUT2D eigenvalue weighted by Gasteiger charge is -2.13. The average Bonchev–Trinajstić information content (AvgIpc) is 2.61. The van der Waals surface area contributed by atoms with E-state index in [9.17, 15) is 14.7 Å². The number of carbonyl (C=O) groups excluding carboxylic acids is 2. The molecule has 0 aliphatic heterocycles. The van der Waals surface area contributed by atoms with Gasteiger partial charge in [0.2, 0.25) is 0 Å². The van der Waals surface area contributed by atoms with Gasteiger partial charge in [-0.05, 0) is 38.8 Å². The molecule has 1 unspecified atom stereocenters. The first-order valence-electron chi connectivity index (χ1n) is 9.40. The molecule has 1 aromatic rings.